The lowest BCUT2D eigenvalue weighted by atomic mass is 10.0. The van der Waals surface area contributed by atoms with Gasteiger partial charge in [0, 0.05) is 12.0 Å². The van der Waals surface area contributed by atoms with Crippen LogP contribution < -0.4 is 5.32 Å². The molecule has 1 saturated carbocycles. The zero-order valence-corrected chi connectivity index (χ0v) is 17.2. The predicted molar refractivity (Wildman–Crippen MR) is 112 cm³/mol. The SMILES string of the molecule is CC(C)OC(=O)CSCC(=O)Nc1cc(C2CCCC2)nn1-c1ccccc1. The van der Waals surface area contributed by atoms with E-state index in [1.807, 2.05) is 50.2 Å². The van der Waals surface area contributed by atoms with Crippen molar-refractivity contribution in [1.82, 2.24) is 9.78 Å². The van der Waals surface area contributed by atoms with Gasteiger partial charge in [0.2, 0.25) is 5.91 Å². The highest BCUT2D eigenvalue weighted by atomic mass is 32.2. The van der Waals surface area contributed by atoms with Gasteiger partial charge in [-0.25, -0.2) is 4.68 Å². The molecule has 1 heterocycles. The van der Waals surface area contributed by atoms with Crippen molar-refractivity contribution in [2.75, 3.05) is 16.8 Å². The summed E-state index contributed by atoms with van der Waals surface area (Å²) in [4.78, 5) is 24.0. The van der Waals surface area contributed by atoms with Gasteiger partial charge >= 0.3 is 5.97 Å². The zero-order valence-electron chi connectivity index (χ0n) is 16.4. The van der Waals surface area contributed by atoms with Gasteiger partial charge in [-0.1, -0.05) is 31.0 Å². The molecule has 1 aromatic carbocycles. The number of amides is 1. The fourth-order valence-electron chi connectivity index (χ4n) is 3.38. The van der Waals surface area contributed by atoms with Crippen molar-refractivity contribution in [1.29, 1.82) is 0 Å². The van der Waals surface area contributed by atoms with Crippen LogP contribution in [-0.2, 0) is 14.3 Å². The van der Waals surface area contributed by atoms with Crippen molar-refractivity contribution in [3.8, 4) is 5.69 Å². The normalized spacial score (nSPS) is 14.4. The Bertz CT molecular complexity index is 798. The average molecular weight is 402 g/mol. The maximum Gasteiger partial charge on any atom is 0.316 e. The lowest BCUT2D eigenvalue weighted by Gasteiger charge is -2.09. The fourth-order valence-corrected chi connectivity index (χ4v) is 3.97. The van der Waals surface area contributed by atoms with Crippen LogP contribution >= 0.6 is 11.8 Å². The number of thioether (sulfide) groups is 1. The Morgan fingerprint density at radius 1 is 1.21 bits per heavy atom. The van der Waals surface area contributed by atoms with Crippen LogP contribution in [-0.4, -0.2) is 39.3 Å². The number of carbonyl (C=O) groups is 2. The molecule has 1 aromatic heterocycles. The van der Waals surface area contributed by atoms with E-state index in [0.717, 1.165) is 24.2 Å². The number of hydrogen-bond donors (Lipinski definition) is 1. The van der Waals surface area contributed by atoms with Crippen molar-refractivity contribution in [2.24, 2.45) is 0 Å². The minimum Gasteiger partial charge on any atom is -0.462 e. The van der Waals surface area contributed by atoms with Crippen molar-refractivity contribution >= 4 is 29.5 Å². The molecule has 0 spiro atoms. The minimum atomic E-state index is -0.300. The fraction of sp³-hybridized carbons (Fsp3) is 0.476. The molecule has 7 heteroatoms. The lowest BCUT2D eigenvalue weighted by molar-refractivity contribution is -0.144. The van der Waals surface area contributed by atoms with Crippen molar-refractivity contribution in [2.45, 2.75) is 51.6 Å². The number of nitrogens with zero attached hydrogens (tertiary/aromatic N) is 2. The first-order chi connectivity index (χ1) is 13.5. The number of benzene rings is 1. The van der Waals surface area contributed by atoms with Crippen LogP contribution in [0.5, 0.6) is 0 Å². The summed E-state index contributed by atoms with van der Waals surface area (Å²) in [6, 6.07) is 11.8. The van der Waals surface area contributed by atoms with Gasteiger partial charge in [0.25, 0.3) is 0 Å². The van der Waals surface area contributed by atoms with E-state index in [-0.39, 0.29) is 29.5 Å². The maximum atomic E-state index is 12.4. The smallest absolute Gasteiger partial charge is 0.316 e. The molecule has 28 heavy (non-hydrogen) atoms. The van der Waals surface area contributed by atoms with Crippen LogP contribution in [0.3, 0.4) is 0 Å². The summed E-state index contributed by atoms with van der Waals surface area (Å²) in [5, 5.41) is 7.73. The molecule has 2 aromatic rings. The quantitative estimate of drug-likeness (QED) is 0.673. The van der Waals surface area contributed by atoms with Crippen LogP contribution in [0.25, 0.3) is 5.69 Å². The first-order valence-electron chi connectivity index (χ1n) is 9.75. The topological polar surface area (TPSA) is 73.2 Å². The number of para-hydroxylation sites is 1. The molecule has 1 aliphatic carbocycles. The molecule has 1 amide bonds. The molecule has 3 rings (SSSR count). The number of rotatable bonds is 8. The first-order valence-corrected chi connectivity index (χ1v) is 10.9. The highest BCUT2D eigenvalue weighted by Gasteiger charge is 2.22. The average Bonchev–Trinajstić information content (AvgIpc) is 3.31. The molecular weight excluding hydrogens is 374 g/mol. The van der Waals surface area contributed by atoms with E-state index >= 15 is 0 Å². The molecule has 0 saturated heterocycles. The maximum absolute atomic E-state index is 12.4. The molecule has 1 aliphatic rings. The largest absolute Gasteiger partial charge is 0.462 e. The van der Waals surface area contributed by atoms with E-state index in [0.29, 0.717) is 11.7 Å². The van der Waals surface area contributed by atoms with E-state index in [4.69, 9.17) is 9.84 Å². The lowest BCUT2D eigenvalue weighted by Crippen LogP contribution is -2.19. The Hall–Kier alpha value is -2.28. The van der Waals surface area contributed by atoms with Crippen LogP contribution in [0.1, 0.15) is 51.1 Å². The minimum absolute atomic E-state index is 0.142. The number of aromatic nitrogens is 2. The summed E-state index contributed by atoms with van der Waals surface area (Å²) in [6.45, 7) is 3.61. The van der Waals surface area contributed by atoms with Gasteiger partial charge in [-0.05, 0) is 38.8 Å². The van der Waals surface area contributed by atoms with Gasteiger partial charge in [0.15, 0.2) is 0 Å². The van der Waals surface area contributed by atoms with Gasteiger partial charge in [0.1, 0.15) is 5.82 Å². The van der Waals surface area contributed by atoms with Gasteiger partial charge in [-0.3, -0.25) is 9.59 Å². The molecular formula is C21H27N3O3S. The second-order valence-electron chi connectivity index (χ2n) is 7.26. The summed E-state index contributed by atoms with van der Waals surface area (Å²) in [6.07, 6.45) is 4.61. The zero-order chi connectivity index (χ0) is 19.9. The number of hydrogen-bond acceptors (Lipinski definition) is 5. The van der Waals surface area contributed by atoms with Gasteiger partial charge in [-0.15, -0.1) is 11.8 Å². The van der Waals surface area contributed by atoms with Gasteiger partial charge in [-0.2, -0.15) is 5.10 Å². The first kappa shape index (κ1) is 20.5. The Morgan fingerprint density at radius 3 is 2.61 bits per heavy atom. The number of carbonyl (C=O) groups excluding carboxylic acids is 2. The standard InChI is InChI=1S/C21H27N3O3S/c1-15(2)27-21(26)14-28-13-20(25)22-19-12-18(16-8-6-7-9-16)23-24(19)17-10-4-3-5-11-17/h3-5,10-12,15-16H,6-9,13-14H2,1-2H3,(H,22,25). The van der Waals surface area contributed by atoms with E-state index in [9.17, 15) is 9.59 Å². The second kappa shape index (κ2) is 9.78. The number of esters is 1. The summed E-state index contributed by atoms with van der Waals surface area (Å²) >= 11 is 1.25. The van der Waals surface area contributed by atoms with Crippen molar-refractivity contribution in [3.63, 3.8) is 0 Å². The molecule has 1 fully saturated rings. The van der Waals surface area contributed by atoms with E-state index in [1.54, 1.807) is 4.68 Å². The Balaban J connectivity index is 1.66. The molecule has 0 atom stereocenters. The number of nitrogens with one attached hydrogen (secondary N) is 1. The third-order valence-electron chi connectivity index (χ3n) is 4.59. The highest BCUT2D eigenvalue weighted by molar-refractivity contribution is 8.00. The summed E-state index contributed by atoms with van der Waals surface area (Å²) in [5.41, 5.74) is 1.94. The molecule has 0 bridgehead atoms. The predicted octanol–water partition coefficient (Wildman–Crippen LogP) is 4.15. The molecule has 6 nitrogen and oxygen atoms in total. The van der Waals surface area contributed by atoms with Crippen LogP contribution in [0.15, 0.2) is 36.4 Å². The third kappa shape index (κ3) is 5.61. The Labute approximate surface area is 170 Å². The van der Waals surface area contributed by atoms with Gasteiger partial charge in [0.05, 0.1) is 29.0 Å². The van der Waals surface area contributed by atoms with E-state index < -0.39 is 0 Å². The van der Waals surface area contributed by atoms with Crippen LogP contribution in [0.4, 0.5) is 5.82 Å². The molecule has 0 aliphatic heterocycles. The van der Waals surface area contributed by atoms with Crippen LogP contribution in [0, 0.1) is 0 Å². The monoisotopic (exact) mass is 401 g/mol. The molecule has 150 valence electrons. The molecule has 0 unspecified atom stereocenters. The summed E-state index contributed by atoms with van der Waals surface area (Å²) < 4.78 is 6.88. The molecule has 0 radical (unpaired) electrons. The molecule has 1 N–H and O–H groups in total. The van der Waals surface area contributed by atoms with Crippen LogP contribution in [0.2, 0.25) is 0 Å². The summed E-state index contributed by atoms with van der Waals surface area (Å²) in [7, 11) is 0. The summed E-state index contributed by atoms with van der Waals surface area (Å²) in [5.74, 6) is 1.02. The van der Waals surface area contributed by atoms with E-state index in [2.05, 4.69) is 5.32 Å². The number of anilines is 1. The van der Waals surface area contributed by atoms with E-state index in [1.165, 1.54) is 24.6 Å². The van der Waals surface area contributed by atoms with Gasteiger partial charge < -0.3 is 10.1 Å². The Morgan fingerprint density at radius 2 is 1.93 bits per heavy atom. The second-order valence-corrected chi connectivity index (χ2v) is 8.25. The third-order valence-corrected chi connectivity index (χ3v) is 5.50. The highest BCUT2D eigenvalue weighted by Crippen LogP contribution is 2.35. The van der Waals surface area contributed by atoms with Crippen molar-refractivity contribution < 1.29 is 14.3 Å². The Kier molecular flexibility index (Phi) is 7.14. The van der Waals surface area contributed by atoms with Crippen molar-refractivity contribution in [3.05, 3.63) is 42.1 Å². The number of ether oxygens (including phenoxy) is 1.